The van der Waals surface area contributed by atoms with Crippen molar-refractivity contribution in [3.63, 3.8) is 0 Å². The summed E-state index contributed by atoms with van der Waals surface area (Å²) >= 11 is 0. The van der Waals surface area contributed by atoms with E-state index in [0.29, 0.717) is 0 Å². The van der Waals surface area contributed by atoms with E-state index < -0.39 is 12.2 Å². The minimum Gasteiger partial charge on any atom is -0.434 e. The number of rotatable bonds is 3. The van der Waals surface area contributed by atoms with E-state index in [-0.39, 0.29) is 12.5 Å². The highest BCUT2D eigenvalue weighted by atomic mass is 16.6. The molecule has 2 amide bonds. The van der Waals surface area contributed by atoms with Crippen LogP contribution in [0.15, 0.2) is 30.3 Å². The first kappa shape index (κ1) is 13.8. The van der Waals surface area contributed by atoms with Crippen LogP contribution in [0.3, 0.4) is 0 Å². The molecule has 21 heavy (non-hydrogen) atoms. The Morgan fingerprint density at radius 3 is 2.57 bits per heavy atom. The number of piperazine rings is 1. The molecule has 7 nitrogen and oxygen atoms in total. The summed E-state index contributed by atoms with van der Waals surface area (Å²) in [4.78, 5) is 23.9. The van der Waals surface area contributed by atoms with Crippen molar-refractivity contribution in [2.24, 2.45) is 0 Å². The molecular weight excluding hydrogens is 272 g/mol. The van der Waals surface area contributed by atoms with Gasteiger partial charge in [-0.15, -0.1) is 0 Å². The molecule has 0 radical (unpaired) electrons. The smallest absolute Gasteiger partial charge is 0.408 e. The van der Waals surface area contributed by atoms with Crippen LogP contribution in [-0.2, 0) is 9.53 Å². The van der Waals surface area contributed by atoms with Crippen molar-refractivity contribution in [3.05, 3.63) is 30.3 Å². The highest BCUT2D eigenvalue weighted by Crippen LogP contribution is 2.19. The zero-order valence-corrected chi connectivity index (χ0v) is 11.6. The molecule has 1 unspecified atom stereocenters. The molecule has 2 fully saturated rings. The maximum Gasteiger partial charge on any atom is 0.408 e. The van der Waals surface area contributed by atoms with Crippen LogP contribution < -0.4 is 15.6 Å². The van der Waals surface area contributed by atoms with Gasteiger partial charge in [-0.05, 0) is 12.1 Å². The second kappa shape index (κ2) is 6.11. The van der Waals surface area contributed by atoms with Crippen molar-refractivity contribution < 1.29 is 14.3 Å². The summed E-state index contributed by atoms with van der Waals surface area (Å²) in [6.45, 7) is 3.31. The minimum absolute atomic E-state index is 0.215. The third-order valence-corrected chi connectivity index (χ3v) is 3.54. The maximum atomic E-state index is 12.7. The van der Waals surface area contributed by atoms with E-state index in [0.717, 1.165) is 31.9 Å². The van der Waals surface area contributed by atoms with Crippen LogP contribution in [0.25, 0.3) is 0 Å². The summed E-state index contributed by atoms with van der Waals surface area (Å²) in [6, 6.07) is 9.43. The van der Waals surface area contributed by atoms with Gasteiger partial charge in [0.05, 0.1) is 12.2 Å². The number of hydrazine groups is 1. The van der Waals surface area contributed by atoms with Crippen molar-refractivity contribution >= 4 is 17.7 Å². The van der Waals surface area contributed by atoms with Crippen LogP contribution >= 0.6 is 0 Å². The van der Waals surface area contributed by atoms with Gasteiger partial charge in [0.1, 0.15) is 0 Å². The van der Waals surface area contributed by atoms with Gasteiger partial charge in [0.15, 0.2) is 0 Å². The predicted octanol–water partition coefficient (Wildman–Crippen LogP) is -0.0518. The molecule has 0 spiro atoms. The van der Waals surface area contributed by atoms with Crippen molar-refractivity contribution in [2.45, 2.75) is 6.10 Å². The molecule has 0 aromatic heterocycles. The van der Waals surface area contributed by atoms with Crippen LogP contribution in [-0.4, -0.2) is 55.8 Å². The number of ether oxygens (including phenoxy) is 1. The lowest BCUT2D eigenvalue weighted by Crippen LogP contribution is -2.57. The highest BCUT2D eigenvalue weighted by Gasteiger charge is 2.36. The second-order valence-electron chi connectivity index (χ2n) is 4.96. The first-order valence-corrected chi connectivity index (χ1v) is 7.05. The molecule has 0 saturated carbocycles. The van der Waals surface area contributed by atoms with Crippen molar-refractivity contribution in [2.75, 3.05) is 37.7 Å². The zero-order valence-electron chi connectivity index (χ0n) is 11.6. The number of carbonyl (C=O) groups is 2. The molecule has 1 aromatic rings. The van der Waals surface area contributed by atoms with Crippen LogP contribution in [0, 0.1) is 0 Å². The number of amides is 2. The molecule has 3 rings (SSSR count). The number of nitrogens with zero attached hydrogens (tertiary/aromatic N) is 2. The van der Waals surface area contributed by atoms with Gasteiger partial charge >= 0.3 is 6.09 Å². The minimum atomic E-state index is -0.771. The summed E-state index contributed by atoms with van der Waals surface area (Å²) in [5.74, 6) is -0.221. The molecule has 7 heteroatoms. The van der Waals surface area contributed by atoms with Gasteiger partial charge < -0.3 is 15.4 Å². The third-order valence-electron chi connectivity index (χ3n) is 3.54. The summed E-state index contributed by atoms with van der Waals surface area (Å²) < 4.78 is 5.03. The Kier molecular flexibility index (Phi) is 4.03. The lowest BCUT2D eigenvalue weighted by atomic mass is 10.2. The highest BCUT2D eigenvalue weighted by molar-refractivity contribution is 5.98. The van der Waals surface area contributed by atoms with E-state index in [1.807, 2.05) is 35.3 Å². The van der Waals surface area contributed by atoms with Gasteiger partial charge in [-0.2, -0.15) is 0 Å². The number of hydrogen-bond donors (Lipinski definition) is 2. The average molecular weight is 290 g/mol. The van der Waals surface area contributed by atoms with Gasteiger partial charge in [-0.25, -0.2) is 14.8 Å². The number of cyclic esters (lactones) is 1. The second-order valence-corrected chi connectivity index (χ2v) is 4.96. The first-order valence-electron chi connectivity index (χ1n) is 7.05. The fraction of sp³-hybridized carbons (Fsp3) is 0.429. The maximum absolute atomic E-state index is 12.7. The lowest BCUT2D eigenvalue weighted by molar-refractivity contribution is -0.128. The molecule has 1 aromatic carbocycles. The number of benzene rings is 1. The number of carbonyl (C=O) groups excluding carboxylic acids is 2. The van der Waals surface area contributed by atoms with Gasteiger partial charge in [-0.3, -0.25) is 4.79 Å². The van der Waals surface area contributed by atoms with Gasteiger partial charge in [0.25, 0.3) is 5.91 Å². The van der Waals surface area contributed by atoms with Crippen LogP contribution in [0.2, 0.25) is 0 Å². The fourth-order valence-corrected chi connectivity index (χ4v) is 2.51. The summed E-state index contributed by atoms with van der Waals surface area (Å²) in [5.41, 5.74) is 0.785. The van der Waals surface area contributed by atoms with Gasteiger partial charge in [0.2, 0.25) is 6.10 Å². The number of para-hydroxylation sites is 1. The molecule has 2 heterocycles. The Bertz CT molecular complexity index is 516. The average Bonchev–Trinajstić information content (AvgIpc) is 2.96. The SMILES string of the molecule is O=C1NCC(C(=O)N(c2ccccc2)N2CCNCC2)O1. The fourth-order valence-electron chi connectivity index (χ4n) is 2.51. The number of nitrogens with one attached hydrogen (secondary N) is 2. The van der Waals surface area contributed by atoms with Crippen LogP contribution in [0.1, 0.15) is 0 Å². The Balaban J connectivity index is 1.84. The van der Waals surface area contributed by atoms with E-state index in [9.17, 15) is 9.59 Å². The molecule has 2 aliphatic rings. The van der Waals surface area contributed by atoms with Gasteiger partial charge in [0, 0.05) is 26.2 Å². The zero-order chi connectivity index (χ0) is 14.7. The topological polar surface area (TPSA) is 73.9 Å². The molecular formula is C14H18N4O3. The molecule has 2 saturated heterocycles. The molecule has 1 atom stereocenters. The Labute approximate surface area is 122 Å². The van der Waals surface area contributed by atoms with E-state index in [1.54, 1.807) is 5.01 Å². The van der Waals surface area contributed by atoms with E-state index >= 15 is 0 Å². The number of anilines is 1. The Morgan fingerprint density at radius 1 is 1.24 bits per heavy atom. The van der Waals surface area contributed by atoms with Crippen LogP contribution in [0.4, 0.5) is 10.5 Å². The largest absolute Gasteiger partial charge is 0.434 e. The molecule has 112 valence electrons. The Hall–Kier alpha value is -2.12. The first-order chi connectivity index (χ1) is 10.3. The van der Waals surface area contributed by atoms with E-state index in [1.165, 1.54) is 0 Å². The quantitative estimate of drug-likeness (QED) is 0.816. The molecule has 2 aliphatic heterocycles. The molecule has 0 bridgehead atoms. The standard InChI is InChI=1S/C14H18N4O3/c19-13(12-10-16-14(20)21-12)18(11-4-2-1-3-5-11)17-8-6-15-7-9-17/h1-5,12,15H,6-10H2,(H,16,20). The number of alkyl carbamates (subject to hydrolysis) is 1. The predicted molar refractivity (Wildman–Crippen MR) is 76.6 cm³/mol. The Morgan fingerprint density at radius 2 is 1.95 bits per heavy atom. The van der Waals surface area contributed by atoms with Crippen molar-refractivity contribution in [1.82, 2.24) is 15.6 Å². The summed E-state index contributed by atoms with van der Waals surface area (Å²) in [5, 5.41) is 9.40. The third kappa shape index (κ3) is 2.98. The molecule has 2 N–H and O–H groups in total. The van der Waals surface area contributed by atoms with E-state index in [2.05, 4.69) is 10.6 Å². The number of hydrogen-bond acceptors (Lipinski definition) is 5. The van der Waals surface area contributed by atoms with Crippen LogP contribution in [0.5, 0.6) is 0 Å². The summed E-state index contributed by atoms with van der Waals surface area (Å²) in [7, 11) is 0. The summed E-state index contributed by atoms with van der Waals surface area (Å²) in [6.07, 6.45) is -1.31. The normalized spacial score (nSPS) is 22.5. The monoisotopic (exact) mass is 290 g/mol. The lowest BCUT2D eigenvalue weighted by Gasteiger charge is -2.38. The van der Waals surface area contributed by atoms with Crippen molar-refractivity contribution in [1.29, 1.82) is 0 Å². The van der Waals surface area contributed by atoms with E-state index in [4.69, 9.17) is 4.74 Å². The van der Waals surface area contributed by atoms with Crippen molar-refractivity contribution in [3.8, 4) is 0 Å². The van der Waals surface area contributed by atoms with Gasteiger partial charge in [-0.1, -0.05) is 18.2 Å². The molecule has 0 aliphatic carbocycles.